The molecule has 0 aromatic heterocycles. The van der Waals surface area contributed by atoms with Gasteiger partial charge in [0.25, 0.3) is 5.91 Å². The lowest BCUT2D eigenvalue weighted by atomic mass is 10.1. The van der Waals surface area contributed by atoms with Crippen molar-refractivity contribution in [2.75, 3.05) is 6.61 Å². The smallest absolute Gasteiger partial charge is 0.343 e. The van der Waals surface area contributed by atoms with Gasteiger partial charge in [-0.25, -0.2) is 10.2 Å². The first kappa shape index (κ1) is 22.5. The molecule has 3 aromatic rings. The summed E-state index contributed by atoms with van der Waals surface area (Å²) in [4.78, 5) is 24.4. The van der Waals surface area contributed by atoms with Crippen molar-refractivity contribution in [3.05, 3.63) is 92.9 Å². The maximum absolute atomic E-state index is 12.4. The summed E-state index contributed by atoms with van der Waals surface area (Å²) in [5.41, 5.74) is 4.36. The lowest BCUT2D eigenvalue weighted by Gasteiger charge is -2.08. The van der Waals surface area contributed by atoms with E-state index in [9.17, 15) is 9.59 Å². The van der Waals surface area contributed by atoms with Gasteiger partial charge in [0.15, 0.2) is 6.61 Å². The zero-order valence-electron chi connectivity index (χ0n) is 16.5. The van der Waals surface area contributed by atoms with E-state index in [-0.39, 0.29) is 6.61 Å². The van der Waals surface area contributed by atoms with Crippen LogP contribution >= 0.6 is 27.5 Å². The zero-order chi connectivity index (χ0) is 22.2. The van der Waals surface area contributed by atoms with Gasteiger partial charge < -0.3 is 9.47 Å². The number of carbonyl (C=O) groups excluding carboxylic acids is 2. The number of hydrogen-bond donors (Lipinski definition) is 1. The third-order valence-corrected chi connectivity index (χ3v) is 4.78. The van der Waals surface area contributed by atoms with E-state index in [1.165, 1.54) is 6.21 Å². The Morgan fingerprint density at radius 3 is 2.48 bits per heavy atom. The summed E-state index contributed by atoms with van der Waals surface area (Å²) < 4.78 is 11.6. The molecule has 0 bridgehead atoms. The minimum absolute atomic E-state index is 0.216. The van der Waals surface area contributed by atoms with E-state index >= 15 is 0 Å². The number of hydrazone groups is 1. The maximum Gasteiger partial charge on any atom is 0.343 e. The Balaban J connectivity index is 1.61. The lowest BCUT2D eigenvalue weighted by Crippen LogP contribution is -2.24. The number of esters is 1. The summed E-state index contributed by atoms with van der Waals surface area (Å²) in [7, 11) is 0. The number of rotatable bonds is 7. The highest BCUT2D eigenvalue weighted by molar-refractivity contribution is 9.10. The Morgan fingerprint density at radius 2 is 1.77 bits per heavy atom. The molecule has 0 fully saturated rings. The quantitative estimate of drug-likeness (QED) is 0.210. The van der Waals surface area contributed by atoms with Crippen molar-refractivity contribution in [3.63, 3.8) is 0 Å². The SMILES string of the molecule is Cc1ccc(C(=O)Oc2ccc(Br)cc2/C=N\NC(=O)COc2ccc(Cl)cc2)cc1. The number of hydrogen-bond acceptors (Lipinski definition) is 5. The topological polar surface area (TPSA) is 77.0 Å². The number of amides is 1. The zero-order valence-corrected chi connectivity index (χ0v) is 18.8. The van der Waals surface area contributed by atoms with Gasteiger partial charge in [0.05, 0.1) is 11.8 Å². The van der Waals surface area contributed by atoms with Crippen LogP contribution < -0.4 is 14.9 Å². The van der Waals surface area contributed by atoms with Crippen molar-refractivity contribution in [2.24, 2.45) is 5.10 Å². The number of halogens is 2. The summed E-state index contributed by atoms with van der Waals surface area (Å²) in [6.45, 7) is 1.72. The molecule has 3 aromatic carbocycles. The van der Waals surface area contributed by atoms with Crippen LogP contribution in [0.4, 0.5) is 0 Å². The van der Waals surface area contributed by atoms with Gasteiger partial charge in [0.1, 0.15) is 11.5 Å². The van der Waals surface area contributed by atoms with Crippen LogP contribution in [0.15, 0.2) is 76.3 Å². The van der Waals surface area contributed by atoms with E-state index in [1.807, 2.05) is 19.1 Å². The molecule has 0 radical (unpaired) electrons. The fourth-order valence-electron chi connectivity index (χ4n) is 2.45. The molecule has 8 heteroatoms. The van der Waals surface area contributed by atoms with Gasteiger partial charge in [-0.15, -0.1) is 0 Å². The Morgan fingerprint density at radius 1 is 1.06 bits per heavy atom. The molecule has 1 N–H and O–H groups in total. The number of benzene rings is 3. The number of carbonyl (C=O) groups is 2. The molecule has 0 aliphatic carbocycles. The highest BCUT2D eigenvalue weighted by Crippen LogP contribution is 2.23. The summed E-state index contributed by atoms with van der Waals surface area (Å²) in [6, 6.07) is 18.8. The molecule has 0 saturated heterocycles. The normalized spacial score (nSPS) is 10.7. The summed E-state index contributed by atoms with van der Waals surface area (Å²) in [5.74, 6) is -0.109. The first-order valence-electron chi connectivity index (χ1n) is 9.19. The van der Waals surface area contributed by atoms with Crippen molar-refractivity contribution >= 4 is 45.6 Å². The maximum atomic E-state index is 12.4. The molecular weight excluding hydrogens is 484 g/mol. The first-order valence-corrected chi connectivity index (χ1v) is 10.4. The van der Waals surface area contributed by atoms with E-state index in [0.29, 0.717) is 27.6 Å². The van der Waals surface area contributed by atoms with Gasteiger partial charge in [0.2, 0.25) is 0 Å². The summed E-state index contributed by atoms with van der Waals surface area (Å²) in [5, 5.41) is 4.50. The van der Waals surface area contributed by atoms with Crippen LogP contribution in [0.25, 0.3) is 0 Å². The average Bonchev–Trinajstić information content (AvgIpc) is 2.75. The number of aryl methyl sites for hydroxylation is 1. The van der Waals surface area contributed by atoms with Crippen molar-refractivity contribution in [1.29, 1.82) is 0 Å². The van der Waals surface area contributed by atoms with E-state index in [2.05, 4.69) is 26.5 Å². The third kappa shape index (κ3) is 6.94. The molecule has 0 atom stereocenters. The fraction of sp³-hybridized carbons (Fsp3) is 0.0870. The number of ether oxygens (including phenoxy) is 2. The molecular formula is C23H18BrClN2O4. The van der Waals surface area contributed by atoms with E-state index in [1.54, 1.807) is 54.6 Å². The first-order chi connectivity index (χ1) is 14.9. The van der Waals surface area contributed by atoms with Gasteiger partial charge in [-0.2, -0.15) is 5.10 Å². The fourth-order valence-corrected chi connectivity index (χ4v) is 2.95. The molecule has 6 nitrogen and oxygen atoms in total. The Labute approximate surface area is 193 Å². The monoisotopic (exact) mass is 500 g/mol. The Kier molecular flexibility index (Phi) is 7.81. The second-order valence-electron chi connectivity index (χ2n) is 6.47. The summed E-state index contributed by atoms with van der Waals surface area (Å²) in [6.07, 6.45) is 1.39. The van der Waals surface area contributed by atoms with Crippen LogP contribution in [-0.4, -0.2) is 24.7 Å². The highest BCUT2D eigenvalue weighted by atomic mass is 79.9. The predicted molar refractivity (Wildman–Crippen MR) is 123 cm³/mol. The lowest BCUT2D eigenvalue weighted by molar-refractivity contribution is -0.123. The minimum Gasteiger partial charge on any atom is -0.484 e. The van der Waals surface area contributed by atoms with Gasteiger partial charge in [0, 0.05) is 15.1 Å². The molecule has 0 aliphatic heterocycles. The van der Waals surface area contributed by atoms with Crippen molar-refractivity contribution < 1.29 is 19.1 Å². The molecule has 0 heterocycles. The van der Waals surface area contributed by atoms with Gasteiger partial charge in [-0.05, 0) is 61.5 Å². The molecule has 0 saturated carbocycles. The second-order valence-corrected chi connectivity index (χ2v) is 7.83. The minimum atomic E-state index is -0.489. The third-order valence-electron chi connectivity index (χ3n) is 4.04. The van der Waals surface area contributed by atoms with Gasteiger partial charge >= 0.3 is 5.97 Å². The average molecular weight is 502 g/mol. The standard InChI is InChI=1S/C23H18BrClN2O4/c1-15-2-4-16(5-3-15)23(29)31-21-11-6-18(24)12-17(21)13-26-27-22(28)14-30-20-9-7-19(25)8-10-20/h2-13H,14H2,1H3,(H,27,28)/b26-13-. The Hall–Kier alpha value is -3.16. The molecule has 3 rings (SSSR count). The molecule has 1 amide bonds. The molecule has 31 heavy (non-hydrogen) atoms. The van der Waals surface area contributed by atoms with Gasteiger partial charge in [-0.1, -0.05) is 45.2 Å². The highest BCUT2D eigenvalue weighted by Gasteiger charge is 2.11. The van der Waals surface area contributed by atoms with Crippen LogP contribution in [-0.2, 0) is 4.79 Å². The largest absolute Gasteiger partial charge is 0.484 e. The molecule has 158 valence electrons. The van der Waals surface area contributed by atoms with Crippen LogP contribution in [0.3, 0.4) is 0 Å². The van der Waals surface area contributed by atoms with E-state index in [4.69, 9.17) is 21.1 Å². The molecule has 0 unspecified atom stereocenters. The Bertz CT molecular complexity index is 1100. The van der Waals surface area contributed by atoms with Gasteiger partial charge in [-0.3, -0.25) is 4.79 Å². The van der Waals surface area contributed by atoms with E-state index < -0.39 is 11.9 Å². The van der Waals surface area contributed by atoms with Crippen LogP contribution in [0, 0.1) is 6.92 Å². The number of nitrogens with one attached hydrogen (secondary N) is 1. The van der Waals surface area contributed by atoms with Crippen LogP contribution in [0.1, 0.15) is 21.5 Å². The van der Waals surface area contributed by atoms with Crippen molar-refractivity contribution in [3.8, 4) is 11.5 Å². The van der Waals surface area contributed by atoms with Crippen molar-refractivity contribution in [1.82, 2.24) is 5.43 Å². The van der Waals surface area contributed by atoms with Crippen LogP contribution in [0.5, 0.6) is 11.5 Å². The number of nitrogens with zero attached hydrogens (tertiary/aromatic N) is 1. The van der Waals surface area contributed by atoms with Crippen LogP contribution in [0.2, 0.25) is 5.02 Å². The van der Waals surface area contributed by atoms with Crippen molar-refractivity contribution in [2.45, 2.75) is 6.92 Å². The predicted octanol–water partition coefficient (Wildman–Crippen LogP) is 5.16. The molecule has 0 aliphatic rings. The van der Waals surface area contributed by atoms with E-state index in [0.717, 1.165) is 10.0 Å². The summed E-state index contributed by atoms with van der Waals surface area (Å²) >= 11 is 9.18. The second kappa shape index (κ2) is 10.7. The molecule has 0 spiro atoms.